The zero-order valence-corrected chi connectivity index (χ0v) is 19.2. The summed E-state index contributed by atoms with van der Waals surface area (Å²) in [5.41, 5.74) is 2.89. The van der Waals surface area contributed by atoms with Gasteiger partial charge >= 0.3 is 0 Å². The van der Waals surface area contributed by atoms with Crippen LogP contribution in [0.3, 0.4) is 0 Å². The lowest BCUT2D eigenvalue weighted by molar-refractivity contribution is -0.111. The first kappa shape index (κ1) is 23.6. The topological polar surface area (TPSA) is 99.5 Å². The molecule has 8 nitrogen and oxygen atoms in total. The van der Waals surface area contributed by atoms with Crippen LogP contribution < -0.4 is 20.1 Å². The summed E-state index contributed by atoms with van der Waals surface area (Å²) in [6, 6.07) is 13.1. The van der Waals surface area contributed by atoms with Gasteiger partial charge in [-0.25, -0.2) is 0 Å². The molecular weight excluding hydrogens is 418 g/mol. The number of ether oxygens (including phenoxy) is 2. The minimum absolute atomic E-state index is 0.272. The average Bonchev–Trinajstić information content (AvgIpc) is 2.80. The first-order chi connectivity index (χ1) is 15.9. The summed E-state index contributed by atoms with van der Waals surface area (Å²) in [5.74, 6) is 0.965. The Morgan fingerprint density at radius 3 is 2.64 bits per heavy atom. The molecule has 0 bridgehead atoms. The number of nitriles is 1. The second-order valence-electron chi connectivity index (χ2n) is 7.46. The maximum Gasteiger partial charge on any atom is 0.248 e. The SMILES string of the molecule is CCOc1cc2ncc(C#N)c(Nc3ccc(OC)cc3)c2cc1NC(=O)/C=C/CN(C)C. The molecule has 0 aliphatic carbocycles. The number of methoxy groups -OCH3 is 1. The van der Waals surface area contributed by atoms with Crippen molar-refractivity contribution in [3.63, 3.8) is 0 Å². The zero-order chi connectivity index (χ0) is 23.8. The van der Waals surface area contributed by atoms with Crippen LogP contribution in [0, 0.1) is 11.3 Å². The molecule has 8 heteroatoms. The molecule has 0 unspecified atom stereocenters. The number of amides is 1. The van der Waals surface area contributed by atoms with Crippen LogP contribution in [0.5, 0.6) is 11.5 Å². The van der Waals surface area contributed by atoms with Gasteiger partial charge in [0.25, 0.3) is 0 Å². The first-order valence-electron chi connectivity index (χ1n) is 10.5. The van der Waals surface area contributed by atoms with Crippen LogP contribution in [0.4, 0.5) is 17.1 Å². The normalized spacial score (nSPS) is 10.9. The van der Waals surface area contributed by atoms with E-state index in [1.165, 1.54) is 12.3 Å². The third-order valence-corrected chi connectivity index (χ3v) is 4.75. The largest absolute Gasteiger partial charge is 0.497 e. The fourth-order valence-corrected chi connectivity index (χ4v) is 3.18. The number of anilines is 3. The molecule has 0 aliphatic heterocycles. The number of fused-ring (bicyclic) bond motifs is 1. The molecule has 2 N–H and O–H groups in total. The number of carbonyl (C=O) groups is 1. The molecule has 0 atom stereocenters. The number of aromatic nitrogens is 1. The molecule has 0 saturated heterocycles. The number of benzene rings is 2. The van der Waals surface area contributed by atoms with Crippen molar-refractivity contribution in [1.82, 2.24) is 9.88 Å². The zero-order valence-electron chi connectivity index (χ0n) is 19.2. The van der Waals surface area contributed by atoms with Crippen LogP contribution >= 0.6 is 0 Å². The third kappa shape index (κ3) is 5.99. The molecule has 170 valence electrons. The van der Waals surface area contributed by atoms with Crippen LogP contribution in [0.1, 0.15) is 12.5 Å². The summed E-state index contributed by atoms with van der Waals surface area (Å²) < 4.78 is 11.0. The van der Waals surface area contributed by atoms with E-state index in [1.807, 2.05) is 50.2 Å². The number of hydrogen-bond acceptors (Lipinski definition) is 7. The highest BCUT2D eigenvalue weighted by Crippen LogP contribution is 2.36. The molecule has 1 amide bonds. The van der Waals surface area contributed by atoms with Gasteiger partial charge in [-0.3, -0.25) is 9.78 Å². The van der Waals surface area contributed by atoms with E-state index in [0.717, 1.165) is 11.4 Å². The van der Waals surface area contributed by atoms with Crippen molar-refractivity contribution >= 4 is 33.9 Å². The summed E-state index contributed by atoms with van der Waals surface area (Å²) in [6.07, 6.45) is 4.79. The number of nitrogens with zero attached hydrogens (tertiary/aromatic N) is 3. The molecule has 33 heavy (non-hydrogen) atoms. The molecule has 1 aromatic heterocycles. The maximum absolute atomic E-state index is 12.5. The maximum atomic E-state index is 12.5. The van der Waals surface area contributed by atoms with Gasteiger partial charge in [0, 0.05) is 36.0 Å². The Morgan fingerprint density at radius 2 is 2.00 bits per heavy atom. The quantitative estimate of drug-likeness (QED) is 0.473. The predicted molar refractivity (Wildman–Crippen MR) is 130 cm³/mol. The Morgan fingerprint density at radius 1 is 1.24 bits per heavy atom. The highest BCUT2D eigenvalue weighted by atomic mass is 16.5. The van der Waals surface area contributed by atoms with Crippen molar-refractivity contribution in [2.24, 2.45) is 0 Å². The van der Waals surface area contributed by atoms with Gasteiger partial charge in [-0.15, -0.1) is 0 Å². The molecule has 0 aliphatic rings. The van der Waals surface area contributed by atoms with E-state index >= 15 is 0 Å². The standard InChI is InChI=1S/C25H27N5O3/c1-5-33-23-14-21-20(13-22(23)29-24(31)7-6-12-30(2)3)25(17(15-26)16-27-21)28-18-8-10-19(32-4)11-9-18/h6-11,13-14,16H,5,12H2,1-4H3,(H,27,28)(H,29,31)/b7-6+. The molecule has 2 aromatic carbocycles. The van der Waals surface area contributed by atoms with E-state index in [-0.39, 0.29) is 5.91 Å². The summed E-state index contributed by atoms with van der Waals surface area (Å²) >= 11 is 0. The number of hydrogen-bond donors (Lipinski definition) is 2. The Labute approximate surface area is 193 Å². The number of nitrogens with one attached hydrogen (secondary N) is 2. The van der Waals surface area contributed by atoms with Crippen molar-refractivity contribution in [2.45, 2.75) is 6.92 Å². The van der Waals surface area contributed by atoms with E-state index in [0.29, 0.717) is 46.7 Å². The van der Waals surface area contributed by atoms with Gasteiger partial charge in [0.1, 0.15) is 17.6 Å². The van der Waals surface area contributed by atoms with Crippen molar-refractivity contribution in [1.29, 1.82) is 5.26 Å². The lowest BCUT2D eigenvalue weighted by Gasteiger charge is -2.16. The summed E-state index contributed by atoms with van der Waals surface area (Å²) in [6.45, 7) is 2.95. The van der Waals surface area contributed by atoms with Crippen LogP contribution in [0.2, 0.25) is 0 Å². The molecular formula is C25H27N5O3. The summed E-state index contributed by atoms with van der Waals surface area (Å²) in [4.78, 5) is 18.9. The van der Waals surface area contributed by atoms with Crippen molar-refractivity contribution < 1.29 is 14.3 Å². The Balaban J connectivity index is 2.04. The average molecular weight is 446 g/mol. The highest BCUT2D eigenvalue weighted by molar-refractivity contribution is 6.04. The van der Waals surface area contributed by atoms with Crippen LogP contribution in [-0.4, -0.2) is 50.1 Å². The number of carbonyl (C=O) groups excluding carboxylic acids is 1. The summed E-state index contributed by atoms with van der Waals surface area (Å²) in [7, 11) is 5.46. The highest BCUT2D eigenvalue weighted by Gasteiger charge is 2.15. The van der Waals surface area contributed by atoms with Crippen molar-refractivity contribution in [3.05, 3.63) is 60.3 Å². The number of likely N-dealkylation sites (N-methyl/N-ethyl adjacent to an activating group) is 1. The summed E-state index contributed by atoms with van der Waals surface area (Å²) in [5, 5.41) is 16.5. The van der Waals surface area contributed by atoms with E-state index in [9.17, 15) is 10.1 Å². The van der Waals surface area contributed by atoms with Gasteiger partial charge in [-0.1, -0.05) is 6.08 Å². The lowest BCUT2D eigenvalue weighted by atomic mass is 10.1. The second-order valence-corrected chi connectivity index (χ2v) is 7.46. The fourth-order valence-electron chi connectivity index (χ4n) is 3.18. The molecule has 0 spiro atoms. The lowest BCUT2D eigenvalue weighted by Crippen LogP contribution is -2.13. The third-order valence-electron chi connectivity index (χ3n) is 4.75. The molecule has 0 saturated carbocycles. The minimum Gasteiger partial charge on any atom is -0.497 e. The van der Waals surface area contributed by atoms with Crippen molar-refractivity contribution in [3.8, 4) is 17.6 Å². The monoisotopic (exact) mass is 445 g/mol. The Bertz CT molecular complexity index is 1200. The van der Waals surface area contributed by atoms with E-state index in [4.69, 9.17) is 9.47 Å². The fraction of sp³-hybridized carbons (Fsp3) is 0.240. The van der Waals surface area contributed by atoms with E-state index < -0.39 is 0 Å². The molecule has 3 rings (SSSR count). The van der Waals surface area contributed by atoms with Crippen LogP contribution in [-0.2, 0) is 4.79 Å². The first-order valence-corrected chi connectivity index (χ1v) is 10.5. The van der Waals surface area contributed by atoms with Crippen LogP contribution in [0.25, 0.3) is 10.9 Å². The Kier molecular flexibility index (Phi) is 7.84. The van der Waals surface area contributed by atoms with Gasteiger partial charge in [0.2, 0.25) is 5.91 Å². The molecule has 0 radical (unpaired) electrons. The molecule has 3 aromatic rings. The number of rotatable bonds is 9. The Hall–Kier alpha value is -4.09. The second kappa shape index (κ2) is 11.0. The molecule has 1 heterocycles. The van der Waals surface area contributed by atoms with Gasteiger partial charge in [0.15, 0.2) is 0 Å². The van der Waals surface area contributed by atoms with E-state index in [1.54, 1.807) is 25.3 Å². The smallest absolute Gasteiger partial charge is 0.248 e. The van der Waals surface area contributed by atoms with Gasteiger partial charge < -0.3 is 25.0 Å². The van der Waals surface area contributed by atoms with Crippen LogP contribution in [0.15, 0.2) is 54.7 Å². The van der Waals surface area contributed by atoms with Crippen molar-refractivity contribution in [2.75, 3.05) is 45.0 Å². The number of pyridine rings is 1. The van der Waals surface area contributed by atoms with E-state index in [2.05, 4.69) is 21.7 Å². The minimum atomic E-state index is -0.272. The molecule has 0 fully saturated rings. The van der Waals surface area contributed by atoms with Gasteiger partial charge in [-0.05, 0) is 51.4 Å². The predicted octanol–water partition coefficient (Wildman–Crippen LogP) is 4.31. The van der Waals surface area contributed by atoms with Gasteiger partial charge in [-0.2, -0.15) is 5.26 Å². The van der Waals surface area contributed by atoms with Gasteiger partial charge in [0.05, 0.1) is 36.2 Å².